The summed E-state index contributed by atoms with van der Waals surface area (Å²) in [7, 11) is 0. The van der Waals surface area contributed by atoms with Crippen LogP contribution in [0.15, 0.2) is 24.2 Å². The van der Waals surface area contributed by atoms with Crippen LogP contribution in [0.3, 0.4) is 0 Å². The van der Waals surface area contributed by atoms with E-state index in [-0.39, 0.29) is 17.8 Å². The zero-order chi connectivity index (χ0) is 7.72. The van der Waals surface area contributed by atoms with Gasteiger partial charge < -0.3 is 5.73 Å². The monoisotopic (exact) mass is 221 g/mol. The van der Waals surface area contributed by atoms with E-state index in [9.17, 15) is 0 Å². The first-order valence-corrected chi connectivity index (χ1v) is 3.21. The van der Waals surface area contributed by atoms with E-state index in [0.717, 1.165) is 3.57 Å². The molecular formula is C6H6IN. The Hall–Kier alpha value is -0.250. The van der Waals surface area contributed by atoms with E-state index in [1.54, 1.807) is 12.1 Å². The molecule has 2 N–H and O–H groups in total. The van der Waals surface area contributed by atoms with Gasteiger partial charge in [0, 0.05) is 9.26 Å². The Balaban J connectivity index is 3.31. The number of nitrogen functional groups attached to an aromatic ring is 1. The van der Waals surface area contributed by atoms with Crippen molar-refractivity contribution in [1.29, 1.82) is 0 Å². The molecule has 8 heavy (non-hydrogen) atoms. The average molecular weight is 221 g/mol. The second-order valence-electron chi connectivity index (χ2n) is 1.38. The SMILES string of the molecule is [2H]c1cc(I)cc([2H])c1N. The van der Waals surface area contributed by atoms with Gasteiger partial charge in [0.1, 0.15) is 0 Å². The minimum Gasteiger partial charge on any atom is -0.399 e. The highest BCUT2D eigenvalue weighted by molar-refractivity contribution is 14.1. The molecule has 0 aliphatic rings. The second-order valence-corrected chi connectivity index (χ2v) is 2.62. The average Bonchev–Trinajstić information content (AvgIpc) is 1.82. The molecule has 0 fully saturated rings. The summed E-state index contributed by atoms with van der Waals surface area (Å²) in [5, 5.41) is 0. The van der Waals surface area contributed by atoms with Crippen LogP contribution in [0.25, 0.3) is 0 Å². The molecule has 0 amide bonds. The summed E-state index contributed by atoms with van der Waals surface area (Å²) < 4.78 is 15.4. The van der Waals surface area contributed by atoms with Gasteiger partial charge in [-0.1, -0.05) is 0 Å². The van der Waals surface area contributed by atoms with Crippen molar-refractivity contribution in [1.82, 2.24) is 0 Å². The molecule has 0 saturated carbocycles. The maximum absolute atomic E-state index is 7.25. The van der Waals surface area contributed by atoms with E-state index >= 15 is 0 Å². The van der Waals surface area contributed by atoms with E-state index in [0.29, 0.717) is 0 Å². The maximum Gasteiger partial charge on any atom is 0.0645 e. The van der Waals surface area contributed by atoms with Crippen LogP contribution in [-0.4, -0.2) is 0 Å². The Morgan fingerprint density at radius 3 is 2.50 bits per heavy atom. The third-order valence-electron chi connectivity index (χ3n) is 0.731. The maximum atomic E-state index is 7.25. The summed E-state index contributed by atoms with van der Waals surface area (Å²) in [6, 6.07) is 3.73. The van der Waals surface area contributed by atoms with Crippen LogP contribution < -0.4 is 5.73 Å². The highest BCUT2D eigenvalue weighted by Crippen LogP contribution is 2.06. The Morgan fingerprint density at radius 1 is 1.50 bits per heavy atom. The Morgan fingerprint density at radius 2 is 2.00 bits per heavy atom. The van der Waals surface area contributed by atoms with Gasteiger partial charge in [-0.25, -0.2) is 0 Å². The largest absolute Gasteiger partial charge is 0.399 e. The van der Waals surface area contributed by atoms with E-state index in [1.807, 2.05) is 0 Å². The first kappa shape index (κ1) is 3.71. The van der Waals surface area contributed by atoms with Crippen LogP contribution >= 0.6 is 22.6 Å². The van der Waals surface area contributed by atoms with Crippen molar-refractivity contribution in [2.45, 2.75) is 0 Å². The van der Waals surface area contributed by atoms with E-state index < -0.39 is 0 Å². The predicted octanol–water partition coefficient (Wildman–Crippen LogP) is 1.87. The number of nitrogens with two attached hydrogens (primary N) is 1. The molecule has 0 saturated heterocycles. The van der Waals surface area contributed by atoms with E-state index in [2.05, 4.69) is 22.6 Å². The lowest BCUT2D eigenvalue weighted by Crippen LogP contribution is -1.81. The zero-order valence-corrected chi connectivity index (χ0v) is 6.27. The number of hydrogen-bond donors (Lipinski definition) is 1. The summed E-state index contributed by atoms with van der Waals surface area (Å²) in [6.07, 6.45) is 0. The second kappa shape index (κ2) is 2.35. The molecule has 0 radical (unpaired) electrons. The molecule has 0 spiro atoms. The number of halogens is 1. The van der Waals surface area contributed by atoms with Crippen molar-refractivity contribution < 1.29 is 2.74 Å². The molecular weight excluding hydrogens is 213 g/mol. The first-order valence-electron chi connectivity index (χ1n) is 3.13. The van der Waals surface area contributed by atoms with Gasteiger partial charge >= 0.3 is 0 Å². The van der Waals surface area contributed by atoms with Gasteiger partial charge in [0.05, 0.1) is 2.74 Å². The lowest BCUT2D eigenvalue weighted by atomic mass is 10.3. The third-order valence-corrected chi connectivity index (χ3v) is 1.35. The molecule has 0 heterocycles. The van der Waals surface area contributed by atoms with Crippen molar-refractivity contribution >= 4 is 28.3 Å². The fourth-order valence-corrected chi connectivity index (χ4v) is 0.688. The number of anilines is 1. The van der Waals surface area contributed by atoms with Crippen molar-refractivity contribution in [3.05, 3.63) is 27.8 Å². The van der Waals surface area contributed by atoms with Crippen LogP contribution in [-0.2, 0) is 0 Å². The quantitative estimate of drug-likeness (QED) is 0.525. The van der Waals surface area contributed by atoms with Gasteiger partial charge in [-0.05, 0) is 46.8 Å². The van der Waals surface area contributed by atoms with E-state index in [1.165, 1.54) is 0 Å². The van der Waals surface area contributed by atoms with Gasteiger partial charge in [-0.2, -0.15) is 0 Å². The fourth-order valence-electron chi connectivity index (χ4n) is 0.377. The lowest BCUT2D eigenvalue weighted by molar-refractivity contribution is 1.63. The van der Waals surface area contributed by atoms with Crippen LogP contribution in [0.4, 0.5) is 5.69 Å². The molecule has 0 bridgehead atoms. The molecule has 2 heteroatoms. The lowest BCUT2D eigenvalue weighted by Gasteiger charge is -1.89. The normalized spacial score (nSPS) is 12.6. The molecule has 1 rings (SSSR count). The molecule has 0 aliphatic carbocycles. The highest BCUT2D eigenvalue weighted by Gasteiger charge is 1.81. The van der Waals surface area contributed by atoms with Gasteiger partial charge in [0.2, 0.25) is 0 Å². The van der Waals surface area contributed by atoms with Gasteiger partial charge in [-0.3, -0.25) is 0 Å². The van der Waals surface area contributed by atoms with Crippen molar-refractivity contribution in [3.8, 4) is 0 Å². The third kappa shape index (κ3) is 1.36. The minimum absolute atomic E-state index is 0.233. The summed E-state index contributed by atoms with van der Waals surface area (Å²) in [5.41, 5.74) is 5.62. The summed E-state index contributed by atoms with van der Waals surface area (Å²) in [5.74, 6) is 0. The highest BCUT2D eigenvalue weighted by atomic mass is 127. The van der Waals surface area contributed by atoms with Crippen molar-refractivity contribution in [2.75, 3.05) is 5.73 Å². The van der Waals surface area contributed by atoms with E-state index in [4.69, 9.17) is 8.48 Å². The topological polar surface area (TPSA) is 26.0 Å². The number of rotatable bonds is 0. The first-order chi connectivity index (χ1) is 4.61. The molecule has 1 nitrogen and oxygen atoms in total. The van der Waals surface area contributed by atoms with Crippen molar-refractivity contribution in [2.24, 2.45) is 0 Å². The fraction of sp³-hybridized carbons (Fsp3) is 0. The van der Waals surface area contributed by atoms with Gasteiger partial charge in [-0.15, -0.1) is 0 Å². The van der Waals surface area contributed by atoms with Crippen LogP contribution in [0.1, 0.15) is 2.74 Å². The standard InChI is InChI=1S/C6H6IN/c7-5-1-3-6(8)4-2-5/h1-4H,8H2/i3D,4D. The summed E-state index contributed by atoms with van der Waals surface area (Å²) >= 11 is 2.05. The Labute approximate surface area is 64.8 Å². The smallest absolute Gasteiger partial charge is 0.0645 e. The van der Waals surface area contributed by atoms with Crippen molar-refractivity contribution in [3.63, 3.8) is 0 Å². The number of hydrogen-bond acceptors (Lipinski definition) is 1. The predicted molar refractivity (Wildman–Crippen MR) is 43.6 cm³/mol. The van der Waals surface area contributed by atoms with Crippen LogP contribution in [0.2, 0.25) is 0 Å². The Kier molecular flexibility index (Phi) is 1.09. The molecule has 0 atom stereocenters. The Bertz CT molecular complexity index is 239. The van der Waals surface area contributed by atoms with Gasteiger partial charge in [0.25, 0.3) is 0 Å². The minimum atomic E-state index is 0.233. The summed E-state index contributed by atoms with van der Waals surface area (Å²) in [4.78, 5) is 0. The van der Waals surface area contributed by atoms with Gasteiger partial charge in [0.15, 0.2) is 0 Å². The number of benzene rings is 1. The zero-order valence-electron chi connectivity index (χ0n) is 6.11. The molecule has 0 aromatic heterocycles. The van der Waals surface area contributed by atoms with Crippen LogP contribution in [0, 0.1) is 3.57 Å². The van der Waals surface area contributed by atoms with Crippen LogP contribution in [0.5, 0.6) is 0 Å². The molecule has 1 aromatic carbocycles. The summed E-state index contributed by atoms with van der Waals surface area (Å²) in [6.45, 7) is 0. The molecule has 42 valence electrons. The molecule has 0 aliphatic heterocycles. The molecule has 0 unspecified atom stereocenters. The molecule has 1 aromatic rings.